The first-order valence-electron chi connectivity index (χ1n) is 8.64. The third-order valence-electron chi connectivity index (χ3n) is 3.87. The number of rotatable bonds is 8. The molecule has 150 valence electrons. The van der Waals surface area contributed by atoms with Crippen molar-refractivity contribution < 1.29 is 18.0 Å². The van der Waals surface area contributed by atoms with E-state index < -0.39 is 22.5 Å². The SMILES string of the molecule is CCCNC(=O)c1ccccc1NC(=O)CN(C)S(=O)(=O)c1ccc(Cl)cc1. The molecule has 28 heavy (non-hydrogen) atoms. The van der Waals surface area contributed by atoms with E-state index in [1.807, 2.05) is 6.92 Å². The fourth-order valence-electron chi connectivity index (χ4n) is 2.39. The van der Waals surface area contributed by atoms with E-state index in [9.17, 15) is 18.0 Å². The average molecular weight is 424 g/mol. The Hall–Kier alpha value is -2.42. The van der Waals surface area contributed by atoms with E-state index >= 15 is 0 Å². The number of nitrogens with one attached hydrogen (secondary N) is 2. The summed E-state index contributed by atoms with van der Waals surface area (Å²) < 4.78 is 26.1. The predicted molar refractivity (Wildman–Crippen MR) is 109 cm³/mol. The van der Waals surface area contributed by atoms with Crippen LogP contribution in [0, 0.1) is 0 Å². The van der Waals surface area contributed by atoms with E-state index in [4.69, 9.17) is 11.6 Å². The highest BCUT2D eigenvalue weighted by molar-refractivity contribution is 7.89. The van der Waals surface area contributed by atoms with Gasteiger partial charge in [0.2, 0.25) is 15.9 Å². The van der Waals surface area contributed by atoms with Gasteiger partial charge in [0, 0.05) is 18.6 Å². The van der Waals surface area contributed by atoms with Crippen LogP contribution in [0.15, 0.2) is 53.4 Å². The second kappa shape index (κ2) is 9.68. The first kappa shape index (κ1) is 21.9. The summed E-state index contributed by atoms with van der Waals surface area (Å²) in [6.07, 6.45) is 0.785. The van der Waals surface area contributed by atoms with Crippen molar-refractivity contribution >= 4 is 39.1 Å². The number of nitrogens with zero attached hydrogens (tertiary/aromatic N) is 1. The summed E-state index contributed by atoms with van der Waals surface area (Å²) in [5, 5.41) is 5.76. The molecule has 0 aliphatic rings. The zero-order chi connectivity index (χ0) is 20.7. The van der Waals surface area contributed by atoms with Gasteiger partial charge in [-0.1, -0.05) is 30.7 Å². The minimum absolute atomic E-state index is 0.0338. The maximum Gasteiger partial charge on any atom is 0.253 e. The van der Waals surface area contributed by atoms with Crippen LogP contribution in [0.2, 0.25) is 5.02 Å². The Bertz CT molecular complexity index is 946. The molecule has 0 fully saturated rings. The van der Waals surface area contributed by atoms with Crippen molar-refractivity contribution in [3.8, 4) is 0 Å². The summed E-state index contributed by atoms with van der Waals surface area (Å²) >= 11 is 5.78. The van der Waals surface area contributed by atoms with Gasteiger partial charge in [0.05, 0.1) is 22.7 Å². The van der Waals surface area contributed by atoms with Gasteiger partial charge >= 0.3 is 0 Å². The van der Waals surface area contributed by atoms with Crippen molar-refractivity contribution in [2.45, 2.75) is 18.2 Å². The topological polar surface area (TPSA) is 95.6 Å². The number of hydrogen-bond donors (Lipinski definition) is 2. The molecule has 0 atom stereocenters. The summed E-state index contributed by atoms with van der Waals surface area (Å²) in [6.45, 7) is 2.05. The summed E-state index contributed by atoms with van der Waals surface area (Å²) in [7, 11) is -2.54. The second-order valence-corrected chi connectivity index (χ2v) is 8.55. The third kappa shape index (κ3) is 5.54. The highest BCUT2D eigenvalue weighted by atomic mass is 35.5. The Balaban J connectivity index is 2.10. The Labute approximate surface area is 169 Å². The van der Waals surface area contributed by atoms with Crippen molar-refractivity contribution in [3.63, 3.8) is 0 Å². The number of carbonyl (C=O) groups is 2. The highest BCUT2D eigenvalue weighted by Gasteiger charge is 2.23. The lowest BCUT2D eigenvalue weighted by molar-refractivity contribution is -0.116. The van der Waals surface area contributed by atoms with Crippen molar-refractivity contribution in [3.05, 3.63) is 59.1 Å². The summed E-state index contributed by atoms with van der Waals surface area (Å²) in [6, 6.07) is 12.2. The molecule has 0 bridgehead atoms. The van der Waals surface area contributed by atoms with Gasteiger partial charge in [0.15, 0.2) is 0 Å². The number of likely N-dealkylation sites (N-methyl/N-ethyl adjacent to an activating group) is 1. The average Bonchev–Trinajstić information content (AvgIpc) is 2.66. The van der Waals surface area contributed by atoms with Crippen molar-refractivity contribution in [2.75, 3.05) is 25.5 Å². The number of carbonyl (C=O) groups excluding carboxylic acids is 2. The van der Waals surface area contributed by atoms with Crippen LogP contribution in [0.25, 0.3) is 0 Å². The van der Waals surface area contributed by atoms with E-state index in [0.717, 1.165) is 10.7 Å². The Morgan fingerprint density at radius 1 is 1.07 bits per heavy atom. The molecule has 9 heteroatoms. The van der Waals surface area contributed by atoms with E-state index in [1.54, 1.807) is 24.3 Å². The quantitative estimate of drug-likeness (QED) is 0.682. The van der Waals surface area contributed by atoms with Crippen molar-refractivity contribution in [1.82, 2.24) is 9.62 Å². The minimum atomic E-state index is -3.85. The zero-order valence-electron chi connectivity index (χ0n) is 15.6. The molecule has 2 amide bonds. The van der Waals surface area contributed by atoms with Gasteiger partial charge < -0.3 is 10.6 Å². The summed E-state index contributed by atoms with van der Waals surface area (Å²) in [5.74, 6) is -0.865. The zero-order valence-corrected chi connectivity index (χ0v) is 17.2. The maximum atomic E-state index is 12.6. The van der Waals surface area contributed by atoms with Gasteiger partial charge in [-0.05, 0) is 42.8 Å². The second-order valence-electron chi connectivity index (χ2n) is 6.06. The van der Waals surface area contributed by atoms with Crippen LogP contribution in [0.4, 0.5) is 5.69 Å². The van der Waals surface area contributed by atoms with Crippen LogP contribution < -0.4 is 10.6 Å². The molecule has 0 saturated heterocycles. The molecule has 0 aromatic heterocycles. The molecule has 0 radical (unpaired) electrons. The number of anilines is 1. The van der Waals surface area contributed by atoms with Gasteiger partial charge in [-0.15, -0.1) is 0 Å². The molecular formula is C19H22ClN3O4S. The van der Waals surface area contributed by atoms with Gasteiger partial charge in [-0.25, -0.2) is 8.42 Å². The molecule has 0 heterocycles. The third-order valence-corrected chi connectivity index (χ3v) is 5.94. The van der Waals surface area contributed by atoms with E-state index in [-0.39, 0.29) is 10.8 Å². The van der Waals surface area contributed by atoms with Gasteiger partial charge in [0.1, 0.15) is 0 Å². The maximum absolute atomic E-state index is 12.6. The van der Waals surface area contributed by atoms with E-state index in [0.29, 0.717) is 22.8 Å². The molecule has 0 aliphatic carbocycles. The first-order valence-corrected chi connectivity index (χ1v) is 10.5. The number of halogens is 1. The standard InChI is InChI=1S/C19H22ClN3O4S/c1-3-12-21-19(25)16-6-4-5-7-17(16)22-18(24)13-23(2)28(26,27)15-10-8-14(20)9-11-15/h4-11H,3,12-13H2,1-2H3,(H,21,25)(H,22,24). The van der Waals surface area contributed by atoms with Crippen LogP contribution in [-0.4, -0.2) is 44.7 Å². The monoisotopic (exact) mass is 423 g/mol. The van der Waals surface area contributed by atoms with Crippen molar-refractivity contribution in [1.29, 1.82) is 0 Å². The lowest BCUT2D eigenvalue weighted by Gasteiger charge is -2.17. The number of hydrogen-bond acceptors (Lipinski definition) is 4. The molecule has 0 spiro atoms. The van der Waals surface area contributed by atoms with Crippen LogP contribution in [0.1, 0.15) is 23.7 Å². The molecule has 2 aromatic rings. The molecular weight excluding hydrogens is 402 g/mol. The number of para-hydroxylation sites is 1. The molecule has 7 nitrogen and oxygen atoms in total. The predicted octanol–water partition coefficient (Wildman–Crippen LogP) is 2.74. The van der Waals surface area contributed by atoms with Gasteiger partial charge in [0.25, 0.3) is 5.91 Å². The Morgan fingerprint density at radius 3 is 2.36 bits per heavy atom. The number of amides is 2. The van der Waals surface area contributed by atoms with Crippen LogP contribution in [-0.2, 0) is 14.8 Å². The summed E-state index contributed by atoms with van der Waals surface area (Å²) in [5.41, 5.74) is 0.630. The molecule has 2 aromatic carbocycles. The highest BCUT2D eigenvalue weighted by Crippen LogP contribution is 2.18. The molecule has 0 saturated carbocycles. The fraction of sp³-hybridized carbons (Fsp3) is 0.263. The van der Waals surface area contributed by atoms with Crippen LogP contribution in [0.5, 0.6) is 0 Å². The minimum Gasteiger partial charge on any atom is -0.352 e. The normalized spacial score (nSPS) is 11.3. The number of benzene rings is 2. The van der Waals surface area contributed by atoms with Crippen molar-refractivity contribution in [2.24, 2.45) is 0 Å². The van der Waals surface area contributed by atoms with E-state index in [1.165, 1.54) is 31.3 Å². The van der Waals surface area contributed by atoms with Crippen LogP contribution >= 0.6 is 11.6 Å². The van der Waals surface area contributed by atoms with Crippen LogP contribution in [0.3, 0.4) is 0 Å². The largest absolute Gasteiger partial charge is 0.352 e. The molecule has 0 aliphatic heterocycles. The van der Waals surface area contributed by atoms with Gasteiger partial charge in [-0.3, -0.25) is 9.59 Å². The molecule has 2 rings (SSSR count). The number of sulfonamides is 1. The summed E-state index contributed by atoms with van der Waals surface area (Å²) in [4.78, 5) is 24.6. The lowest BCUT2D eigenvalue weighted by Crippen LogP contribution is -2.35. The Morgan fingerprint density at radius 2 is 1.71 bits per heavy atom. The molecule has 2 N–H and O–H groups in total. The fourth-order valence-corrected chi connectivity index (χ4v) is 3.64. The van der Waals surface area contributed by atoms with E-state index in [2.05, 4.69) is 10.6 Å². The first-order chi connectivity index (χ1) is 13.3. The Kier molecular flexibility index (Phi) is 7.56. The smallest absolute Gasteiger partial charge is 0.253 e. The lowest BCUT2D eigenvalue weighted by atomic mass is 10.1. The van der Waals surface area contributed by atoms with Gasteiger partial charge in [-0.2, -0.15) is 4.31 Å². The molecule has 0 unspecified atom stereocenters.